The number of fused-ring (bicyclic) bond motifs is 1. The van der Waals surface area contributed by atoms with Crippen LogP contribution in [0, 0.1) is 5.92 Å². The van der Waals surface area contributed by atoms with Crippen LogP contribution in [0.4, 0.5) is 0 Å². The van der Waals surface area contributed by atoms with E-state index in [0.29, 0.717) is 42.1 Å². The van der Waals surface area contributed by atoms with E-state index in [9.17, 15) is 8.42 Å². The average molecular weight is 320 g/mol. The van der Waals surface area contributed by atoms with Gasteiger partial charge in [-0.2, -0.15) is 4.31 Å². The molecule has 1 atom stereocenters. The number of nitrogens with zero attached hydrogens (tertiary/aromatic N) is 2. The summed E-state index contributed by atoms with van der Waals surface area (Å²) in [5.41, 5.74) is 0.702. The molecule has 2 aromatic rings. The fourth-order valence-corrected chi connectivity index (χ4v) is 4.61. The predicted octanol–water partition coefficient (Wildman–Crippen LogP) is 2.28. The normalized spacial score (nSPS) is 19.8. The van der Waals surface area contributed by atoms with Crippen LogP contribution in [0.1, 0.15) is 13.3 Å². The van der Waals surface area contributed by atoms with E-state index in [1.54, 1.807) is 28.7 Å². The second-order valence-corrected chi connectivity index (χ2v) is 7.41. The first-order chi connectivity index (χ1) is 10.6. The zero-order valence-electron chi connectivity index (χ0n) is 12.6. The summed E-state index contributed by atoms with van der Waals surface area (Å²) in [4.78, 5) is 4.58. The molecule has 6 heteroatoms. The maximum Gasteiger partial charge on any atom is 0.243 e. The van der Waals surface area contributed by atoms with Crippen molar-refractivity contribution in [1.82, 2.24) is 9.29 Å². The number of rotatable bonds is 5. The molecular formula is C16H20N2O3S. The largest absolute Gasteiger partial charge is 0.381 e. The highest BCUT2D eigenvalue weighted by molar-refractivity contribution is 7.89. The van der Waals surface area contributed by atoms with Gasteiger partial charge in [-0.1, -0.05) is 6.07 Å². The Labute approximate surface area is 131 Å². The summed E-state index contributed by atoms with van der Waals surface area (Å²) in [5, 5.41) is 0.679. The van der Waals surface area contributed by atoms with Crippen molar-refractivity contribution in [2.24, 2.45) is 5.92 Å². The Balaban J connectivity index is 1.90. The molecule has 118 valence electrons. The molecule has 1 saturated heterocycles. The van der Waals surface area contributed by atoms with Gasteiger partial charge in [0, 0.05) is 31.3 Å². The summed E-state index contributed by atoms with van der Waals surface area (Å²) in [6, 6.07) is 8.81. The number of ether oxygens (including phenoxy) is 1. The van der Waals surface area contributed by atoms with Gasteiger partial charge >= 0.3 is 0 Å². The highest BCUT2D eigenvalue weighted by Crippen LogP contribution is 2.28. The van der Waals surface area contributed by atoms with E-state index in [1.165, 1.54) is 0 Å². The monoisotopic (exact) mass is 320 g/mol. The number of aromatic nitrogens is 1. The third-order valence-corrected chi connectivity index (χ3v) is 5.95. The molecular weight excluding hydrogens is 300 g/mol. The second-order valence-electron chi connectivity index (χ2n) is 5.50. The zero-order valence-corrected chi connectivity index (χ0v) is 13.4. The lowest BCUT2D eigenvalue weighted by Crippen LogP contribution is -2.29. The Kier molecular flexibility index (Phi) is 4.42. The first-order valence-corrected chi connectivity index (χ1v) is 8.98. The first kappa shape index (κ1) is 15.4. The lowest BCUT2D eigenvalue weighted by atomic mass is 10.1. The third kappa shape index (κ3) is 2.86. The summed E-state index contributed by atoms with van der Waals surface area (Å²) >= 11 is 0. The Bertz CT molecular complexity index is 756. The van der Waals surface area contributed by atoms with Crippen LogP contribution in [0.3, 0.4) is 0 Å². The number of hydrogen-bond donors (Lipinski definition) is 0. The van der Waals surface area contributed by atoms with Gasteiger partial charge in [-0.25, -0.2) is 8.42 Å². The van der Waals surface area contributed by atoms with Crippen molar-refractivity contribution >= 4 is 20.9 Å². The zero-order chi connectivity index (χ0) is 15.6. The molecule has 0 amide bonds. The van der Waals surface area contributed by atoms with Crippen molar-refractivity contribution in [2.45, 2.75) is 18.2 Å². The van der Waals surface area contributed by atoms with Crippen molar-refractivity contribution in [2.75, 3.05) is 26.3 Å². The Morgan fingerprint density at radius 1 is 1.32 bits per heavy atom. The van der Waals surface area contributed by atoms with Crippen LogP contribution in [-0.4, -0.2) is 44.0 Å². The van der Waals surface area contributed by atoms with E-state index >= 15 is 0 Å². The first-order valence-electron chi connectivity index (χ1n) is 7.54. The standard InChI is InChI=1S/C16H20N2O3S/c1-2-21-12-13-8-10-18(11-13)22(19,20)16-7-3-6-15-14(16)5-4-9-17-15/h3-7,9,13H,2,8,10-12H2,1H3. The van der Waals surface area contributed by atoms with Crippen molar-refractivity contribution < 1.29 is 13.2 Å². The lowest BCUT2D eigenvalue weighted by molar-refractivity contribution is 0.115. The maximum atomic E-state index is 12.9. The maximum absolute atomic E-state index is 12.9. The van der Waals surface area contributed by atoms with E-state index < -0.39 is 10.0 Å². The minimum atomic E-state index is -3.49. The minimum Gasteiger partial charge on any atom is -0.381 e. The summed E-state index contributed by atoms with van der Waals surface area (Å²) in [6.45, 7) is 4.32. The number of benzene rings is 1. The molecule has 0 saturated carbocycles. The summed E-state index contributed by atoms with van der Waals surface area (Å²) in [7, 11) is -3.49. The summed E-state index contributed by atoms with van der Waals surface area (Å²) < 4.78 is 32.8. The average Bonchev–Trinajstić information content (AvgIpc) is 3.02. The lowest BCUT2D eigenvalue weighted by Gasteiger charge is -2.17. The van der Waals surface area contributed by atoms with Crippen molar-refractivity contribution in [3.05, 3.63) is 36.5 Å². The summed E-state index contributed by atoms with van der Waals surface area (Å²) in [6.07, 6.45) is 2.52. The van der Waals surface area contributed by atoms with Gasteiger partial charge < -0.3 is 4.74 Å². The number of pyridine rings is 1. The van der Waals surface area contributed by atoms with Gasteiger partial charge in [0.25, 0.3) is 0 Å². The van der Waals surface area contributed by atoms with Crippen LogP contribution in [0.2, 0.25) is 0 Å². The van der Waals surface area contributed by atoms with E-state index in [1.807, 2.05) is 19.1 Å². The molecule has 1 aliphatic heterocycles. The molecule has 1 fully saturated rings. The third-order valence-electron chi connectivity index (χ3n) is 4.03. The topological polar surface area (TPSA) is 59.5 Å². The molecule has 0 spiro atoms. The predicted molar refractivity (Wildman–Crippen MR) is 85.1 cm³/mol. The van der Waals surface area contributed by atoms with E-state index in [4.69, 9.17) is 4.74 Å². The van der Waals surface area contributed by atoms with Crippen LogP contribution < -0.4 is 0 Å². The van der Waals surface area contributed by atoms with Crippen LogP contribution >= 0.6 is 0 Å². The van der Waals surface area contributed by atoms with Crippen LogP contribution in [0.25, 0.3) is 10.9 Å². The highest BCUT2D eigenvalue weighted by atomic mass is 32.2. The van der Waals surface area contributed by atoms with Crippen LogP contribution in [0.15, 0.2) is 41.4 Å². The van der Waals surface area contributed by atoms with Crippen molar-refractivity contribution in [1.29, 1.82) is 0 Å². The minimum absolute atomic E-state index is 0.280. The van der Waals surface area contributed by atoms with Gasteiger partial charge in [0.15, 0.2) is 0 Å². The van der Waals surface area contributed by atoms with Gasteiger partial charge in [-0.3, -0.25) is 4.98 Å². The van der Waals surface area contributed by atoms with Crippen molar-refractivity contribution in [3.8, 4) is 0 Å². The van der Waals surface area contributed by atoms with Crippen molar-refractivity contribution in [3.63, 3.8) is 0 Å². The summed E-state index contributed by atoms with van der Waals surface area (Å²) in [5.74, 6) is 0.280. The Hall–Kier alpha value is -1.50. The molecule has 0 aliphatic carbocycles. The fraction of sp³-hybridized carbons (Fsp3) is 0.438. The quantitative estimate of drug-likeness (QED) is 0.848. The van der Waals surface area contributed by atoms with Gasteiger partial charge in [-0.05, 0) is 43.5 Å². The molecule has 22 heavy (non-hydrogen) atoms. The highest BCUT2D eigenvalue weighted by Gasteiger charge is 2.33. The Morgan fingerprint density at radius 2 is 2.18 bits per heavy atom. The van der Waals surface area contributed by atoms with Crippen LogP contribution in [-0.2, 0) is 14.8 Å². The second kappa shape index (κ2) is 6.32. The number of sulfonamides is 1. The molecule has 1 aromatic heterocycles. The molecule has 3 rings (SSSR count). The SMILES string of the molecule is CCOCC1CCN(S(=O)(=O)c2cccc3ncccc23)C1. The van der Waals surface area contributed by atoms with E-state index in [-0.39, 0.29) is 5.92 Å². The van der Waals surface area contributed by atoms with E-state index in [2.05, 4.69) is 4.98 Å². The van der Waals surface area contributed by atoms with Crippen LogP contribution in [0.5, 0.6) is 0 Å². The Morgan fingerprint density at radius 3 is 3.00 bits per heavy atom. The molecule has 5 nitrogen and oxygen atoms in total. The van der Waals surface area contributed by atoms with Gasteiger partial charge in [0.1, 0.15) is 0 Å². The van der Waals surface area contributed by atoms with Gasteiger partial charge in [0.05, 0.1) is 17.0 Å². The van der Waals surface area contributed by atoms with Gasteiger partial charge in [-0.15, -0.1) is 0 Å². The molecule has 0 radical (unpaired) electrons. The molecule has 1 aliphatic rings. The molecule has 1 aromatic carbocycles. The number of hydrogen-bond acceptors (Lipinski definition) is 4. The molecule has 1 unspecified atom stereocenters. The van der Waals surface area contributed by atoms with Gasteiger partial charge in [0.2, 0.25) is 10.0 Å². The van der Waals surface area contributed by atoms with E-state index in [0.717, 1.165) is 6.42 Å². The molecule has 2 heterocycles. The molecule has 0 bridgehead atoms. The smallest absolute Gasteiger partial charge is 0.243 e. The fourth-order valence-electron chi connectivity index (χ4n) is 2.88. The molecule has 0 N–H and O–H groups in total.